The topological polar surface area (TPSA) is 75.7 Å². The molecule has 0 unspecified atom stereocenters. The van der Waals surface area contributed by atoms with Gasteiger partial charge < -0.3 is 15.0 Å². The highest BCUT2D eigenvalue weighted by Crippen LogP contribution is 2.38. The normalized spacial score (nSPS) is 27.2. The number of esters is 1. The second kappa shape index (κ2) is 6.93. The number of hydrogen-bond donors (Lipinski definition) is 1. The summed E-state index contributed by atoms with van der Waals surface area (Å²) in [5.41, 5.74) is -0.601. The molecular weight excluding hydrogens is 379 g/mol. The summed E-state index contributed by atoms with van der Waals surface area (Å²) in [4.78, 5) is 38.3. The number of amides is 2. The minimum atomic E-state index is -1.16. The number of benzene rings is 1. The Hall–Kier alpha value is -2.05. The molecule has 6 nitrogen and oxygen atoms in total. The maximum absolute atomic E-state index is 12.6. The summed E-state index contributed by atoms with van der Waals surface area (Å²) >= 11 is 11.9. The Kier molecular flexibility index (Phi) is 4.99. The van der Waals surface area contributed by atoms with Crippen molar-refractivity contribution in [1.29, 1.82) is 0 Å². The summed E-state index contributed by atoms with van der Waals surface area (Å²) in [6.45, 7) is 1.83. The van der Waals surface area contributed by atoms with Crippen molar-refractivity contribution in [2.75, 3.05) is 18.6 Å². The van der Waals surface area contributed by atoms with E-state index in [0.717, 1.165) is 0 Å². The van der Waals surface area contributed by atoms with Crippen LogP contribution in [0.15, 0.2) is 30.4 Å². The predicted molar refractivity (Wildman–Crippen MR) is 98.1 cm³/mol. The molecule has 1 aliphatic heterocycles. The summed E-state index contributed by atoms with van der Waals surface area (Å²) in [5, 5.41) is 3.66. The van der Waals surface area contributed by atoms with E-state index >= 15 is 0 Å². The van der Waals surface area contributed by atoms with Gasteiger partial charge in [-0.1, -0.05) is 35.4 Å². The van der Waals surface area contributed by atoms with Crippen LogP contribution in [-0.2, 0) is 19.1 Å². The van der Waals surface area contributed by atoms with Gasteiger partial charge >= 0.3 is 5.97 Å². The van der Waals surface area contributed by atoms with Crippen LogP contribution in [0.4, 0.5) is 5.69 Å². The van der Waals surface area contributed by atoms with E-state index in [9.17, 15) is 14.4 Å². The van der Waals surface area contributed by atoms with Gasteiger partial charge in [-0.15, -0.1) is 0 Å². The molecule has 3 atom stereocenters. The van der Waals surface area contributed by atoms with Crippen molar-refractivity contribution < 1.29 is 19.1 Å². The van der Waals surface area contributed by atoms with Crippen molar-refractivity contribution >= 4 is 46.7 Å². The molecule has 1 aromatic carbocycles. The van der Waals surface area contributed by atoms with Gasteiger partial charge in [0.05, 0.1) is 13.0 Å². The number of rotatable bonds is 4. The van der Waals surface area contributed by atoms with Crippen LogP contribution in [0, 0.1) is 11.3 Å². The molecule has 2 amide bonds. The number of anilines is 1. The van der Waals surface area contributed by atoms with Gasteiger partial charge in [0, 0.05) is 28.3 Å². The number of β-lactam (4-membered cyclic amide) rings is 1. The molecule has 0 saturated carbocycles. The molecule has 1 N–H and O–H groups in total. The lowest BCUT2D eigenvalue weighted by Crippen LogP contribution is -2.67. The molecule has 1 fully saturated rings. The summed E-state index contributed by atoms with van der Waals surface area (Å²) < 4.78 is 4.70. The Bertz CT molecular complexity index is 790. The maximum Gasteiger partial charge on any atom is 0.312 e. The van der Waals surface area contributed by atoms with E-state index in [2.05, 4.69) is 5.32 Å². The quantitative estimate of drug-likeness (QED) is 0.367. The molecule has 0 aromatic heterocycles. The first-order valence-corrected chi connectivity index (χ1v) is 8.85. The summed E-state index contributed by atoms with van der Waals surface area (Å²) in [5.74, 6) is -1.40. The van der Waals surface area contributed by atoms with Crippen LogP contribution in [0.5, 0.6) is 0 Å². The maximum atomic E-state index is 12.6. The van der Waals surface area contributed by atoms with E-state index in [1.807, 2.05) is 0 Å². The minimum absolute atomic E-state index is 0.227. The molecule has 1 saturated heterocycles. The third-order valence-corrected chi connectivity index (χ3v) is 5.19. The van der Waals surface area contributed by atoms with Gasteiger partial charge in [-0.2, -0.15) is 0 Å². The molecule has 1 aromatic rings. The highest BCUT2D eigenvalue weighted by Gasteiger charge is 2.55. The molecule has 26 heavy (non-hydrogen) atoms. The zero-order valence-corrected chi connectivity index (χ0v) is 15.8. The molecule has 1 heterocycles. The van der Waals surface area contributed by atoms with E-state index in [0.29, 0.717) is 22.2 Å². The molecule has 3 rings (SSSR count). The zero-order valence-electron chi connectivity index (χ0n) is 14.3. The van der Waals surface area contributed by atoms with Gasteiger partial charge in [0.15, 0.2) is 0 Å². The Morgan fingerprint density at radius 3 is 2.46 bits per heavy atom. The number of nitrogens with one attached hydrogen (secondary N) is 1. The van der Waals surface area contributed by atoms with Gasteiger partial charge in [0.1, 0.15) is 5.41 Å². The van der Waals surface area contributed by atoms with Crippen molar-refractivity contribution in [3.05, 3.63) is 40.4 Å². The molecule has 1 aliphatic carbocycles. The van der Waals surface area contributed by atoms with Crippen LogP contribution < -0.4 is 10.2 Å². The van der Waals surface area contributed by atoms with Crippen molar-refractivity contribution in [2.45, 2.75) is 19.4 Å². The smallest absolute Gasteiger partial charge is 0.312 e. The second-order valence-electron chi connectivity index (χ2n) is 6.68. The predicted octanol–water partition coefficient (Wildman–Crippen LogP) is 2.58. The molecule has 8 heteroatoms. The molecule has 0 spiro atoms. The van der Waals surface area contributed by atoms with Crippen molar-refractivity contribution in [3.63, 3.8) is 0 Å². The summed E-state index contributed by atoms with van der Waals surface area (Å²) in [6.07, 6.45) is 3.89. The third-order valence-electron chi connectivity index (χ3n) is 4.76. The first-order valence-electron chi connectivity index (χ1n) is 8.10. The average molecular weight is 397 g/mol. The Morgan fingerprint density at radius 1 is 1.23 bits per heavy atom. The lowest BCUT2D eigenvalue weighted by molar-refractivity contribution is -0.147. The van der Waals surface area contributed by atoms with E-state index in [4.69, 9.17) is 27.9 Å². The van der Waals surface area contributed by atoms with Crippen LogP contribution in [0.2, 0.25) is 10.0 Å². The number of hydrogen-bond acceptors (Lipinski definition) is 4. The first kappa shape index (κ1) is 18.7. The fourth-order valence-electron chi connectivity index (χ4n) is 3.19. The fourth-order valence-corrected chi connectivity index (χ4v) is 3.71. The first-order chi connectivity index (χ1) is 12.2. The highest BCUT2D eigenvalue weighted by atomic mass is 35.5. The van der Waals surface area contributed by atoms with Crippen LogP contribution >= 0.6 is 23.2 Å². The van der Waals surface area contributed by atoms with Crippen LogP contribution in [-0.4, -0.2) is 37.5 Å². The van der Waals surface area contributed by atoms with E-state index in [1.165, 1.54) is 12.0 Å². The number of methoxy groups -OCH3 is 1. The third kappa shape index (κ3) is 3.31. The molecule has 2 aliphatic rings. The lowest BCUT2D eigenvalue weighted by Gasteiger charge is -2.45. The van der Waals surface area contributed by atoms with Gasteiger partial charge in [0.2, 0.25) is 11.8 Å². The van der Waals surface area contributed by atoms with E-state index < -0.39 is 5.41 Å². The Morgan fingerprint density at radius 2 is 1.88 bits per heavy atom. The number of nitrogens with zero attached hydrogens (tertiary/aromatic N) is 1. The van der Waals surface area contributed by atoms with Gasteiger partial charge in [0.25, 0.3) is 0 Å². The summed E-state index contributed by atoms with van der Waals surface area (Å²) in [6, 6.07) is 4.53. The molecule has 0 bridgehead atoms. The largest absolute Gasteiger partial charge is 0.469 e. The lowest BCUT2D eigenvalue weighted by atomic mass is 9.79. The number of ether oxygens (including phenoxy) is 1. The van der Waals surface area contributed by atoms with Crippen molar-refractivity contribution in [1.82, 2.24) is 5.32 Å². The van der Waals surface area contributed by atoms with Crippen LogP contribution in [0.1, 0.15) is 13.3 Å². The standard InChI is InChI=1S/C18H18Cl2N2O4/c1-18(16(24)21-13-4-3-10(5-13)15(23)26-2)9-22(17(18)25)14-7-11(19)6-12(20)8-14/h3-4,6-8,10,13H,5,9H2,1-2H3,(H,21,24)/t10-,13+,18-/m1/s1. The number of carbonyl (C=O) groups excluding carboxylic acids is 3. The fraction of sp³-hybridized carbons (Fsp3) is 0.389. The van der Waals surface area contributed by atoms with Crippen LogP contribution in [0.3, 0.4) is 0 Å². The number of halogens is 2. The van der Waals surface area contributed by atoms with Gasteiger partial charge in [-0.25, -0.2) is 0 Å². The molecule has 138 valence electrons. The second-order valence-corrected chi connectivity index (χ2v) is 7.55. The highest BCUT2D eigenvalue weighted by molar-refractivity contribution is 6.35. The number of carbonyl (C=O) groups is 3. The average Bonchev–Trinajstić information content (AvgIpc) is 3.05. The molecular formula is C18H18Cl2N2O4. The van der Waals surface area contributed by atoms with E-state index in [1.54, 1.807) is 37.3 Å². The monoisotopic (exact) mass is 396 g/mol. The Labute approximate surface area is 161 Å². The SMILES string of the molecule is COC(=O)[C@@H]1C=C[C@H](NC(=O)[C@@]2(C)CN(c3cc(Cl)cc(Cl)c3)C2=O)C1. The van der Waals surface area contributed by atoms with Gasteiger partial charge in [-0.3, -0.25) is 14.4 Å². The van der Waals surface area contributed by atoms with Gasteiger partial charge in [-0.05, 0) is 31.5 Å². The van der Waals surface area contributed by atoms with E-state index in [-0.39, 0.29) is 36.3 Å². The molecule has 0 radical (unpaired) electrons. The minimum Gasteiger partial charge on any atom is -0.469 e. The Balaban J connectivity index is 1.63. The van der Waals surface area contributed by atoms with Crippen LogP contribution in [0.25, 0.3) is 0 Å². The summed E-state index contributed by atoms with van der Waals surface area (Å²) in [7, 11) is 1.33. The van der Waals surface area contributed by atoms with Crippen molar-refractivity contribution in [3.8, 4) is 0 Å². The van der Waals surface area contributed by atoms with Crippen molar-refractivity contribution in [2.24, 2.45) is 11.3 Å². The zero-order chi connectivity index (χ0) is 19.1.